The minimum absolute atomic E-state index is 0.188. The minimum atomic E-state index is -1.03. The van der Waals surface area contributed by atoms with E-state index in [4.69, 9.17) is 9.47 Å². The van der Waals surface area contributed by atoms with Crippen LogP contribution in [0.25, 0.3) is 0 Å². The molecule has 1 aromatic rings. The number of methoxy groups -OCH3 is 1. The lowest BCUT2D eigenvalue weighted by molar-refractivity contribution is -0.142. The van der Waals surface area contributed by atoms with Crippen molar-refractivity contribution in [1.82, 2.24) is 5.32 Å². The third-order valence-electron chi connectivity index (χ3n) is 3.25. The highest BCUT2D eigenvalue weighted by molar-refractivity contribution is 7.12. The average Bonchev–Trinajstić information content (AvgIpc) is 2.94. The maximum Gasteiger partial charge on any atom is 0.326 e. The molecule has 1 aromatic heterocycles. The summed E-state index contributed by atoms with van der Waals surface area (Å²) >= 11 is 1.22. The van der Waals surface area contributed by atoms with Crippen LogP contribution in [0.4, 0.5) is 0 Å². The molecule has 1 saturated heterocycles. The van der Waals surface area contributed by atoms with Gasteiger partial charge in [0.25, 0.3) is 5.91 Å². The van der Waals surface area contributed by atoms with Crippen molar-refractivity contribution in [2.24, 2.45) is 5.92 Å². The van der Waals surface area contributed by atoms with Crippen LogP contribution in [-0.2, 0) is 9.53 Å². The summed E-state index contributed by atoms with van der Waals surface area (Å²) in [5, 5.41) is 13.6. The third kappa shape index (κ3) is 3.49. The maximum absolute atomic E-state index is 12.1. The van der Waals surface area contributed by atoms with Crippen molar-refractivity contribution in [2.45, 2.75) is 18.9 Å². The highest BCUT2D eigenvalue weighted by atomic mass is 32.1. The summed E-state index contributed by atoms with van der Waals surface area (Å²) in [5.74, 6) is -1.02. The summed E-state index contributed by atoms with van der Waals surface area (Å²) in [6.07, 6.45) is 1.56. The number of nitrogens with one attached hydrogen (secondary N) is 1. The van der Waals surface area contributed by atoms with Crippen molar-refractivity contribution in [3.8, 4) is 5.75 Å². The number of aliphatic carboxylic acids is 1. The van der Waals surface area contributed by atoms with Gasteiger partial charge < -0.3 is 19.9 Å². The van der Waals surface area contributed by atoms with Crippen molar-refractivity contribution in [3.63, 3.8) is 0 Å². The molecule has 0 aliphatic carbocycles. The van der Waals surface area contributed by atoms with Gasteiger partial charge in [0.1, 0.15) is 11.8 Å². The Labute approximate surface area is 120 Å². The largest absolute Gasteiger partial charge is 0.496 e. The highest BCUT2D eigenvalue weighted by Gasteiger charge is 2.31. The van der Waals surface area contributed by atoms with E-state index in [-0.39, 0.29) is 5.92 Å². The molecule has 2 heterocycles. The molecule has 0 unspecified atom stereocenters. The number of hydrogen-bond acceptors (Lipinski definition) is 5. The molecule has 2 atom stereocenters. The number of thiophene rings is 1. The smallest absolute Gasteiger partial charge is 0.326 e. The van der Waals surface area contributed by atoms with Crippen molar-refractivity contribution in [2.75, 3.05) is 20.3 Å². The molecular formula is C13H17NO5S. The van der Waals surface area contributed by atoms with Crippen LogP contribution in [0.2, 0.25) is 0 Å². The van der Waals surface area contributed by atoms with Gasteiger partial charge >= 0.3 is 5.97 Å². The van der Waals surface area contributed by atoms with Crippen LogP contribution >= 0.6 is 11.3 Å². The number of ether oxygens (including phenoxy) is 2. The zero-order valence-electron chi connectivity index (χ0n) is 11.1. The van der Waals surface area contributed by atoms with E-state index in [0.29, 0.717) is 23.8 Å². The third-order valence-corrected chi connectivity index (χ3v) is 4.16. The first-order valence-corrected chi connectivity index (χ1v) is 7.23. The molecule has 0 spiro atoms. The van der Waals surface area contributed by atoms with Gasteiger partial charge in [-0.25, -0.2) is 4.79 Å². The first-order chi connectivity index (χ1) is 9.61. The molecule has 2 rings (SSSR count). The van der Waals surface area contributed by atoms with Crippen molar-refractivity contribution >= 4 is 23.2 Å². The van der Waals surface area contributed by atoms with E-state index in [1.165, 1.54) is 18.4 Å². The number of carbonyl (C=O) groups excluding carboxylic acids is 1. The van der Waals surface area contributed by atoms with Gasteiger partial charge in [-0.1, -0.05) is 0 Å². The summed E-state index contributed by atoms with van der Waals surface area (Å²) in [6.45, 7) is 1.02. The van der Waals surface area contributed by atoms with E-state index in [1.54, 1.807) is 11.4 Å². The van der Waals surface area contributed by atoms with Gasteiger partial charge in [-0.15, -0.1) is 11.3 Å². The number of carboxylic acids is 1. The van der Waals surface area contributed by atoms with Crippen LogP contribution in [-0.4, -0.2) is 43.3 Å². The van der Waals surface area contributed by atoms with E-state index >= 15 is 0 Å². The fourth-order valence-electron chi connectivity index (χ4n) is 2.17. The monoisotopic (exact) mass is 299 g/mol. The lowest BCUT2D eigenvalue weighted by atomic mass is 9.93. The molecule has 2 N–H and O–H groups in total. The number of carboxylic acid groups (broad SMARTS) is 1. The van der Waals surface area contributed by atoms with E-state index in [0.717, 1.165) is 12.8 Å². The topological polar surface area (TPSA) is 84.9 Å². The molecule has 7 heteroatoms. The number of carbonyl (C=O) groups is 2. The van der Waals surface area contributed by atoms with Crippen LogP contribution in [0.15, 0.2) is 11.4 Å². The molecule has 0 aromatic carbocycles. The standard InChI is InChI=1S/C13H17NO5S/c1-18-9-5-10(20-7-9)12(15)14-11(13(16)17)8-3-2-4-19-6-8/h5,7-8,11H,2-4,6H2,1H3,(H,14,15)(H,16,17)/t8-,11+/m1/s1. The summed E-state index contributed by atoms with van der Waals surface area (Å²) in [5.41, 5.74) is 0. The maximum atomic E-state index is 12.1. The lowest BCUT2D eigenvalue weighted by Gasteiger charge is -2.27. The van der Waals surface area contributed by atoms with Crippen molar-refractivity contribution in [3.05, 3.63) is 16.3 Å². The Morgan fingerprint density at radius 1 is 1.60 bits per heavy atom. The van der Waals surface area contributed by atoms with E-state index in [1.807, 2.05) is 0 Å². The van der Waals surface area contributed by atoms with Crippen molar-refractivity contribution in [1.29, 1.82) is 0 Å². The van der Waals surface area contributed by atoms with E-state index in [9.17, 15) is 14.7 Å². The Hall–Kier alpha value is -1.60. The molecule has 0 saturated carbocycles. The molecule has 1 amide bonds. The molecule has 0 bridgehead atoms. The Bertz CT molecular complexity index is 481. The van der Waals surface area contributed by atoms with Gasteiger partial charge in [0.15, 0.2) is 0 Å². The summed E-state index contributed by atoms with van der Waals surface area (Å²) in [6, 6.07) is 0.673. The van der Waals surface area contributed by atoms with Crippen LogP contribution in [0.3, 0.4) is 0 Å². The predicted molar refractivity (Wildman–Crippen MR) is 73.3 cm³/mol. The summed E-state index contributed by atoms with van der Waals surface area (Å²) in [4.78, 5) is 23.8. The van der Waals surface area contributed by atoms with Gasteiger partial charge in [0, 0.05) is 24.0 Å². The molecule has 6 nitrogen and oxygen atoms in total. The fourth-order valence-corrected chi connectivity index (χ4v) is 2.92. The molecule has 1 aliphatic heterocycles. The average molecular weight is 299 g/mol. The fraction of sp³-hybridized carbons (Fsp3) is 0.538. The minimum Gasteiger partial charge on any atom is -0.496 e. The first kappa shape index (κ1) is 14.8. The van der Waals surface area contributed by atoms with Gasteiger partial charge in [-0.05, 0) is 12.8 Å². The van der Waals surface area contributed by atoms with Gasteiger partial charge in [0.2, 0.25) is 0 Å². The zero-order chi connectivity index (χ0) is 14.5. The Kier molecular flexibility index (Phi) is 4.97. The summed E-state index contributed by atoms with van der Waals surface area (Å²) in [7, 11) is 1.52. The SMILES string of the molecule is COc1csc(C(=O)N[C@H](C(=O)O)[C@@H]2CCCOC2)c1. The molecule has 0 radical (unpaired) electrons. The number of hydrogen-bond donors (Lipinski definition) is 2. The van der Waals surface area contributed by atoms with Gasteiger partial charge in [-0.3, -0.25) is 4.79 Å². The van der Waals surface area contributed by atoms with Crippen LogP contribution in [0.5, 0.6) is 5.75 Å². The Morgan fingerprint density at radius 2 is 2.40 bits per heavy atom. The molecule has 1 fully saturated rings. The molecular weight excluding hydrogens is 282 g/mol. The van der Waals surface area contributed by atoms with E-state index in [2.05, 4.69) is 5.32 Å². The van der Waals surface area contributed by atoms with Crippen LogP contribution < -0.4 is 10.1 Å². The lowest BCUT2D eigenvalue weighted by Crippen LogP contribution is -2.48. The Balaban J connectivity index is 2.03. The van der Waals surface area contributed by atoms with Gasteiger partial charge in [-0.2, -0.15) is 0 Å². The number of rotatable bonds is 5. The number of amides is 1. The second-order valence-electron chi connectivity index (χ2n) is 4.62. The second-order valence-corrected chi connectivity index (χ2v) is 5.53. The van der Waals surface area contributed by atoms with Crippen LogP contribution in [0, 0.1) is 5.92 Å². The quantitative estimate of drug-likeness (QED) is 0.857. The molecule has 20 heavy (non-hydrogen) atoms. The zero-order valence-corrected chi connectivity index (χ0v) is 11.9. The molecule has 110 valence electrons. The highest BCUT2D eigenvalue weighted by Crippen LogP contribution is 2.22. The van der Waals surface area contributed by atoms with Gasteiger partial charge in [0.05, 0.1) is 18.6 Å². The summed E-state index contributed by atoms with van der Waals surface area (Å²) < 4.78 is 10.3. The molecule has 1 aliphatic rings. The second kappa shape index (κ2) is 6.71. The van der Waals surface area contributed by atoms with Crippen molar-refractivity contribution < 1.29 is 24.2 Å². The predicted octanol–water partition coefficient (Wildman–Crippen LogP) is 1.37. The van der Waals surface area contributed by atoms with E-state index < -0.39 is 17.9 Å². The Morgan fingerprint density at radius 3 is 2.95 bits per heavy atom. The van der Waals surface area contributed by atoms with Crippen LogP contribution in [0.1, 0.15) is 22.5 Å². The normalized spacial score (nSPS) is 20.1. The first-order valence-electron chi connectivity index (χ1n) is 6.35.